The van der Waals surface area contributed by atoms with Gasteiger partial charge >= 0.3 is 0 Å². The highest BCUT2D eigenvalue weighted by Crippen LogP contribution is 2.39. The van der Waals surface area contributed by atoms with Crippen molar-refractivity contribution in [2.45, 2.75) is 28.4 Å². The highest BCUT2D eigenvalue weighted by Gasteiger charge is 2.34. The molecule has 16 heteroatoms. The van der Waals surface area contributed by atoms with Gasteiger partial charge < -0.3 is 21.5 Å². The van der Waals surface area contributed by atoms with Crippen molar-refractivity contribution in [2.24, 2.45) is 16.6 Å². The van der Waals surface area contributed by atoms with E-state index in [1.807, 2.05) is 0 Å². The van der Waals surface area contributed by atoms with E-state index in [2.05, 4.69) is 25.3 Å². The van der Waals surface area contributed by atoms with Gasteiger partial charge in [0.2, 0.25) is 25.9 Å². The van der Waals surface area contributed by atoms with E-state index in [1.165, 1.54) is 6.07 Å². The summed E-state index contributed by atoms with van der Waals surface area (Å²) in [6.07, 6.45) is -0.491. The number of primary sulfonamides is 1. The fourth-order valence-electron chi connectivity index (χ4n) is 3.17. The largest absolute Gasteiger partial charge is 0.390 e. The summed E-state index contributed by atoms with van der Waals surface area (Å²) in [5.41, 5.74) is 11.5. The van der Waals surface area contributed by atoms with Gasteiger partial charge in [0.15, 0.2) is 0 Å². The summed E-state index contributed by atoms with van der Waals surface area (Å²) in [6, 6.07) is 2.43. The highest BCUT2D eigenvalue weighted by atomic mass is 32.2. The fourth-order valence-corrected chi connectivity index (χ4v) is 5.83. The number of benzene rings is 1. The maximum Gasteiger partial charge on any atom is 0.242 e. The number of nitrogens with zero attached hydrogens (tertiary/aromatic N) is 4. The Bertz CT molecular complexity index is 1110. The van der Waals surface area contributed by atoms with E-state index < -0.39 is 42.5 Å². The number of aliphatic hydroxyl groups excluding tert-OH is 1. The molecule has 2 unspecified atom stereocenters. The van der Waals surface area contributed by atoms with Gasteiger partial charge in [-0.05, 0) is 23.8 Å². The van der Waals surface area contributed by atoms with Crippen molar-refractivity contribution in [3.63, 3.8) is 0 Å². The normalized spacial score (nSPS) is 18.7. The third kappa shape index (κ3) is 4.59. The minimum atomic E-state index is -4.57. The smallest absolute Gasteiger partial charge is 0.242 e. The molecule has 1 saturated heterocycles. The van der Waals surface area contributed by atoms with Crippen LogP contribution in [-0.2, 0) is 20.0 Å². The number of aliphatic hydroxyl groups is 1. The van der Waals surface area contributed by atoms with E-state index in [9.17, 15) is 21.9 Å². The average Bonchev–Trinajstić information content (AvgIpc) is 3.36. The lowest BCUT2D eigenvalue weighted by atomic mass is 10.1. The van der Waals surface area contributed by atoms with Gasteiger partial charge in [-0.3, -0.25) is 0 Å². The van der Waals surface area contributed by atoms with E-state index in [0.717, 1.165) is 6.07 Å². The number of aromatic amines is 1. The molecular weight excluding hydrogens is 438 g/mol. The van der Waals surface area contributed by atoms with Gasteiger partial charge in [-0.1, -0.05) is 0 Å². The molecule has 1 aromatic carbocycles. The molecule has 9 N–H and O–H groups in total. The van der Waals surface area contributed by atoms with E-state index in [-0.39, 0.29) is 24.0 Å². The van der Waals surface area contributed by atoms with Gasteiger partial charge in [0.05, 0.1) is 11.7 Å². The van der Waals surface area contributed by atoms with E-state index in [4.69, 9.17) is 16.6 Å². The third-order valence-electron chi connectivity index (χ3n) is 4.59. The lowest BCUT2D eigenvalue weighted by Gasteiger charge is -2.23. The van der Waals surface area contributed by atoms with Crippen molar-refractivity contribution < 1.29 is 21.9 Å². The summed E-state index contributed by atoms with van der Waals surface area (Å²) in [5, 5.41) is 28.3. The molecule has 2 aromatic rings. The molecule has 1 aliphatic heterocycles. The number of rotatable bonds is 8. The van der Waals surface area contributed by atoms with Crippen LogP contribution in [-0.4, -0.2) is 80.9 Å². The zero-order valence-electron chi connectivity index (χ0n) is 15.8. The molecule has 3 rings (SSSR count). The molecule has 1 aromatic heterocycles. The first-order chi connectivity index (χ1) is 14.0. The van der Waals surface area contributed by atoms with Gasteiger partial charge in [0, 0.05) is 37.9 Å². The van der Waals surface area contributed by atoms with Crippen LogP contribution in [0.25, 0.3) is 11.4 Å². The van der Waals surface area contributed by atoms with Crippen molar-refractivity contribution in [1.82, 2.24) is 25.3 Å². The number of tetrazole rings is 1. The summed E-state index contributed by atoms with van der Waals surface area (Å²) in [5.74, 6) is -0.145. The Morgan fingerprint density at radius 3 is 2.60 bits per heavy atom. The van der Waals surface area contributed by atoms with Crippen molar-refractivity contribution in [2.75, 3.05) is 31.1 Å². The molecule has 166 valence electrons. The first-order valence-electron chi connectivity index (χ1n) is 8.86. The molecule has 1 aliphatic rings. The number of sulfonamides is 2. The first kappa shape index (κ1) is 22.5. The predicted molar refractivity (Wildman–Crippen MR) is 106 cm³/mol. The SMILES string of the molecule is NCC(O)CNS(=O)(=O)c1ccc(N2CCC(N)C2)c(-c2nn[nH]n2)c1S(N)(=O)=O. The van der Waals surface area contributed by atoms with Crippen molar-refractivity contribution in [3.8, 4) is 11.4 Å². The molecule has 0 saturated carbocycles. The maximum absolute atomic E-state index is 12.8. The Morgan fingerprint density at radius 1 is 1.33 bits per heavy atom. The van der Waals surface area contributed by atoms with E-state index in [0.29, 0.717) is 25.2 Å². The van der Waals surface area contributed by atoms with E-state index >= 15 is 0 Å². The molecule has 2 atom stereocenters. The zero-order chi connectivity index (χ0) is 22.1. The van der Waals surface area contributed by atoms with Gasteiger partial charge in [0.1, 0.15) is 9.79 Å². The predicted octanol–water partition coefficient (Wildman–Crippen LogP) is -3.35. The molecule has 0 amide bonds. The second kappa shape index (κ2) is 8.50. The van der Waals surface area contributed by atoms with Crippen LogP contribution in [0.4, 0.5) is 5.69 Å². The average molecular weight is 462 g/mol. The highest BCUT2D eigenvalue weighted by molar-refractivity contribution is 7.92. The maximum atomic E-state index is 12.8. The summed E-state index contributed by atoms with van der Waals surface area (Å²) in [6.45, 7) is 0.334. The van der Waals surface area contributed by atoms with Gasteiger partial charge in [-0.25, -0.2) is 26.7 Å². The molecule has 1 fully saturated rings. The van der Waals surface area contributed by atoms with Crippen LogP contribution < -0.4 is 26.2 Å². The minimum absolute atomic E-state index is 0.109. The van der Waals surface area contributed by atoms with Crippen molar-refractivity contribution in [1.29, 1.82) is 0 Å². The number of H-pyrrole nitrogens is 1. The quantitative estimate of drug-likeness (QED) is 0.227. The second-order valence-electron chi connectivity index (χ2n) is 6.80. The number of nitrogens with two attached hydrogens (primary N) is 3. The molecule has 0 bridgehead atoms. The Labute approximate surface area is 172 Å². The lowest BCUT2D eigenvalue weighted by molar-refractivity contribution is 0.186. The molecule has 0 aliphatic carbocycles. The van der Waals surface area contributed by atoms with Crippen molar-refractivity contribution >= 4 is 25.7 Å². The van der Waals surface area contributed by atoms with Gasteiger partial charge in [-0.15, -0.1) is 10.2 Å². The van der Waals surface area contributed by atoms with Crippen LogP contribution in [0.1, 0.15) is 6.42 Å². The van der Waals surface area contributed by atoms with Crippen LogP contribution in [0.3, 0.4) is 0 Å². The molecule has 30 heavy (non-hydrogen) atoms. The summed E-state index contributed by atoms with van der Waals surface area (Å²) in [7, 11) is -8.97. The number of anilines is 1. The Kier molecular flexibility index (Phi) is 6.37. The van der Waals surface area contributed by atoms with Crippen LogP contribution >= 0.6 is 0 Å². The molecule has 0 spiro atoms. The second-order valence-corrected chi connectivity index (χ2v) is 10.0. The summed E-state index contributed by atoms with van der Waals surface area (Å²) >= 11 is 0. The molecule has 0 radical (unpaired) electrons. The monoisotopic (exact) mass is 461 g/mol. The lowest BCUT2D eigenvalue weighted by Crippen LogP contribution is -2.37. The van der Waals surface area contributed by atoms with Gasteiger partial charge in [0.25, 0.3) is 0 Å². The summed E-state index contributed by atoms with van der Waals surface area (Å²) in [4.78, 5) is 0.505. The molecule has 14 nitrogen and oxygen atoms in total. The standard InChI is InChI=1S/C14H23N9O5S2/c15-5-9(24)6-18-30(27,28)11-2-1-10(23-4-3-8(16)7-23)12(13(11)29(17,25)26)14-19-21-22-20-14/h1-2,8-9,18,24H,3-7,15-16H2,(H2,17,25,26)(H,19,20,21,22). The Hall–Kier alpha value is -2.21. The minimum Gasteiger partial charge on any atom is -0.390 e. The Balaban J connectivity index is 2.24. The number of nitrogens with one attached hydrogen (secondary N) is 2. The first-order valence-corrected chi connectivity index (χ1v) is 11.9. The van der Waals surface area contributed by atoms with Crippen LogP contribution in [0.2, 0.25) is 0 Å². The number of hydrogen-bond acceptors (Lipinski definition) is 11. The van der Waals surface area contributed by atoms with Crippen LogP contribution in [0.15, 0.2) is 21.9 Å². The molecular formula is C14H23N9O5S2. The Morgan fingerprint density at radius 2 is 2.07 bits per heavy atom. The van der Waals surface area contributed by atoms with Gasteiger partial charge in [-0.2, -0.15) is 5.21 Å². The van der Waals surface area contributed by atoms with Crippen LogP contribution in [0, 0.1) is 0 Å². The third-order valence-corrected chi connectivity index (χ3v) is 7.18. The fraction of sp³-hybridized carbons (Fsp3) is 0.500. The summed E-state index contributed by atoms with van der Waals surface area (Å²) < 4.78 is 52.9. The van der Waals surface area contributed by atoms with Crippen LogP contribution in [0.5, 0.6) is 0 Å². The van der Waals surface area contributed by atoms with E-state index in [1.54, 1.807) is 4.90 Å². The zero-order valence-corrected chi connectivity index (χ0v) is 17.4. The van der Waals surface area contributed by atoms with Crippen molar-refractivity contribution in [3.05, 3.63) is 12.1 Å². The number of hydrogen-bond donors (Lipinski definition) is 6. The number of aromatic nitrogens is 4. The topological polar surface area (TPSA) is 236 Å². The molecule has 2 heterocycles.